The number of phenols is 2. The number of carbonyl (C=O) groups excluding carboxylic acids is 1. The van der Waals surface area contributed by atoms with E-state index in [2.05, 4.69) is 4.90 Å². The molecule has 2 aliphatic rings. The molecule has 84 valence electrons. The summed E-state index contributed by atoms with van der Waals surface area (Å²) in [5.41, 5.74) is 2.26. The van der Waals surface area contributed by atoms with Crippen LogP contribution in [0.25, 0.3) is 0 Å². The van der Waals surface area contributed by atoms with Gasteiger partial charge in [0.25, 0.3) is 0 Å². The van der Waals surface area contributed by atoms with Gasteiger partial charge in [0.15, 0.2) is 17.3 Å². The van der Waals surface area contributed by atoms with Crippen molar-refractivity contribution in [2.24, 2.45) is 0 Å². The molecule has 4 nitrogen and oxygen atoms in total. The maximum Gasteiger partial charge on any atom is 0.168 e. The number of likely N-dealkylation sites (N-methyl/N-ethyl adjacent to an activating group) is 1. The second-order valence-corrected chi connectivity index (χ2v) is 4.57. The Kier molecular flexibility index (Phi) is 1.80. The summed E-state index contributed by atoms with van der Waals surface area (Å²) in [7, 11) is 1.99. The molecule has 1 atom stereocenters. The van der Waals surface area contributed by atoms with Crippen molar-refractivity contribution in [3.63, 3.8) is 0 Å². The maximum atomic E-state index is 11.8. The number of hydrogen-bond donors (Lipinski definition) is 2. The molecule has 0 aromatic heterocycles. The molecule has 0 spiro atoms. The Bertz CT molecular complexity index is 496. The van der Waals surface area contributed by atoms with Crippen molar-refractivity contribution < 1.29 is 15.0 Å². The second-order valence-electron chi connectivity index (χ2n) is 4.57. The monoisotopic (exact) mass is 219 g/mol. The van der Waals surface area contributed by atoms with E-state index >= 15 is 0 Å². The minimum Gasteiger partial charge on any atom is -0.504 e. The molecule has 0 amide bonds. The van der Waals surface area contributed by atoms with Crippen molar-refractivity contribution in [2.45, 2.75) is 18.9 Å². The molecule has 0 bridgehead atoms. The van der Waals surface area contributed by atoms with E-state index in [0.29, 0.717) is 12.0 Å². The molecule has 0 radical (unpaired) electrons. The van der Waals surface area contributed by atoms with Crippen molar-refractivity contribution in [3.05, 3.63) is 22.8 Å². The second kappa shape index (κ2) is 2.98. The van der Waals surface area contributed by atoms with Crippen molar-refractivity contribution in [1.82, 2.24) is 4.90 Å². The summed E-state index contributed by atoms with van der Waals surface area (Å²) in [4.78, 5) is 14.0. The maximum absolute atomic E-state index is 11.8. The van der Waals surface area contributed by atoms with Crippen LogP contribution in [-0.4, -0.2) is 34.5 Å². The number of benzene rings is 1. The number of rotatable bonds is 0. The lowest BCUT2D eigenvalue weighted by molar-refractivity contribution is 0.0960. The van der Waals surface area contributed by atoms with Gasteiger partial charge in [0.1, 0.15) is 0 Å². The zero-order valence-electron chi connectivity index (χ0n) is 9.03. The Morgan fingerprint density at radius 1 is 1.44 bits per heavy atom. The summed E-state index contributed by atoms with van der Waals surface area (Å²) >= 11 is 0. The number of phenolic OH excluding ortho intramolecular Hbond substituents is 2. The molecule has 1 aliphatic carbocycles. The van der Waals surface area contributed by atoms with E-state index in [1.165, 1.54) is 0 Å². The number of aromatic hydroxyl groups is 2. The van der Waals surface area contributed by atoms with Crippen LogP contribution in [0.1, 0.15) is 33.9 Å². The minimum absolute atomic E-state index is 0.0663. The van der Waals surface area contributed by atoms with Gasteiger partial charge in [-0.05, 0) is 30.7 Å². The summed E-state index contributed by atoms with van der Waals surface area (Å²) in [6.45, 7) is 0.884. The lowest BCUT2D eigenvalue weighted by atomic mass is 9.93. The Morgan fingerprint density at radius 2 is 2.19 bits per heavy atom. The van der Waals surface area contributed by atoms with Crippen LogP contribution in [0.15, 0.2) is 6.07 Å². The van der Waals surface area contributed by atoms with Gasteiger partial charge in [-0.2, -0.15) is 0 Å². The smallest absolute Gasteiger partial charge is 0.168 e. The van der Waals surface area contributed by atoms with Crippen molar-refractivity contribution >= 4 is 5.78 Å². The molecule has 1 aromatic rings. The first-order valence-corrected chi connectivity index (χ1v) is 5.40. The van der Waals surface area contributed by atoms with Gasteiger partial charge in [0.05, 0.1) is 5.56 Å². The number of ketones is 1. The van der Waals surface area contributed by atoms with Gasteiger partial charge in [0, 0.05) is 19.0 Å². The Hall–Kier alpha value is -1.55. The highest BCUT2D eigenvalue weighted by Crippen LogP contribution is 2.47. The summed E-state index contributed by atoms with van der Waals surface area (Å²) in [5.74, 6) is -0.489. The molecule has 1 heterocycles. The van der Waals surface area contributed by atoms with E-state index in [-0.39, 0.29) is 23.3 Å². The van der Waals surface area contributed by atoms with Gasteiger partial charge in [-0.15, -0.1) is 0 Å². The molecule has 0 saturated carbocycles. The van der Waals surface area contributed by atoms with Crippen LogP contribution in [0.2, 0.25) is 0 Å². The van der Waals surface area contributed by atoms with Gasteiger partial charge in [-0.1, -0.05) is 0 Å². The fraction of sp³-hybridized carbons (Fsp3) is 0.417. The fourth-order valence-electron chi connectivity index (χ4n) is 2.81. The highest BCUT2D eigenvalue weighted by Gasteiger charge is 2.39. The first-order valence-electron chi connectivity index (χ1n) is 5.40. The zero-order valence-corrected chi connectivity index (χ0v) is 9.03. The molecule has 3 rings (SSSR count). The van der Waals surface area contributed by atoms with Crippen LogP contribution in [0.5, 0.6) is 11.5 Å². The third kappa shape index (κ3) is 1.05. The average Bonchev–Trinajstić information content (AvgIpc) is 2.59. The summed E-state index contributed by atoms with van der Waals surface area (Å²) in [5, 5.41) is 19.3. The molecular weight excluding hydrogens is 206 g/mol. The molecule has 1 aromatic carbocycles. The predicted octanol–water partition coefficient (Wildman–Crippen LogP) is 1.21. The van der Waals surface area contributed by atoms with Gasteiger partial charge >= 0.3 is 0 Å². The van der Waals surface area contributed by atoms with Crippen LogP contribution in [0, 0.1) is 0 Å². The van der Waals surface area contributed by atoms with Gasteiger partial charge in [-0.25, -0.2) is 0 Å². The molecule has 16 heavy (non-hydrogen) atoms. The lowest BCUT2D eigenvalue weighted by Gasteiger charge is -2.31. The van der Waals surface area contributed by atoms with Crippen LogP contribution < -0.4 is 0 Å². The third-order valence-electron chi connectivity index (χ3n) is 3.66. The molecular formula is C12H13NO3. The SMILES string of the molecule is CN1CCc2cc(O)c(O)c3c2[C@H]1CC3=O. The number of hydrogen-bond acceptors (Lipinski definition) is 4. The largest absolute Gasteiger partial charge is 0.504 e. The molecule has 0 fully saturated rings. The third-order valence-corrected chi connectivity index (χ3v) is 3.66. The average molecular weight is 219 g/mol. The first-order chi connectivity index (χ1) is 7.59. The predicted molar refractivity (Wildman–Crippen MR) is 57.8 cm³/mol. The molecule has 0 saturated heterocycles. The van der Waals surface area contributed by atoms with Crippen LogP contribution in [0.4, 0.5) is 0 Å². The molecule has 2 N–H and O–H groups in total. The first kappa shape index (κ1) is 9.66. The van der Waals surface area contributed by atoms with E-state index in [9.17, 15) is 15.0 Å². The van der Waals surface area contributed by atoms with Gasteiger partial charge in [-0.3, -0.25) is 9.69 Å². The Balaban J connectivity index is 2.31. The quantitative estimate of drug-likeness (QED) is 0.644. The van der Waals surface area contributed by atoms with Crippen LogP contribution in [0.3, 0.4) is 0 Å². The molecule has 1 aliphatic heterocycles. The highest BCUT2D eigenvalue weighted by atomic mass is 16.3. The normalized spacial score (nSPS) is 23.6. The number of nitrogens with zero attached hydrogens (tertiary/aromatic N) is 1. The Labute approximate surface area is 93.1 Å². The summed E-state index contributed by atoms with van der Waals surface area (Å²) in [6.07, 6.45) is 1.23. The van der Waals surface area contributed by atoms with Crippen molar-refractivity contribution in [2.75, 3.05) is 13.6 Å². The standard InChI is InChI=1S/C12H13NO3/c1-13-3-2-6-4-9(15)12(16)11-8(14)5-7(13)10(6)11/h4,7,15-16H,2-3,5H2,1H3/t7-/m1/s1. The van der Waals surface area contributed by atoms with E-state index in [0.717, 1.165) is 24.1 Å². The van der Waals surface area contributed by atoms with Crippen molar-refractivity contribution in [3.8, 4) is 11.5 Å². The van der Waals surface area contributed by atoms with E-state index in [4.69, 9.17) is 0 Å². The lowest BCUT2D eigenvalue weighted by Crippen LogP contribution is -2.30. The number of Topliss-reactive ketones (excluding diaryl/α,β-unsaturated/α-hetero) is 1. The topological polar surface area (TPSA) is 60.8 Å². The van der Waals surface area contributed by atoms with Gasteiger partial charge < -0.3 is 10.2 Å². The van der Waals surface area contributed by atoms with Crippen molar-refractivity contribution in [1.29, 1.82) is 0 Å². The number of carbonyl (C=O) groups is 1. The summed E-state index contributed by atoms with van der Waals surface area (Å²) in [6, 6.07) is 1.67. The Morgan fingerprint density at radius 3 is 2.94 bits per heavy atom. The highest BCUT2D eigenvalue weighted by molar-refractivity contribution is 6.04. The fourth-order valence-corrected chi connectivity index (χ4v) is 2.81. The van der Waals surface area contributed by atoms with E-state index < -0.39 is 0 Å². The summed E-state index contributed by atoms with van der Waals surface area (Å²) < 4.78 is 0. The zero-order chi connectivity index (χ0) is 11.4. The van der Waals surface area contributed by atoms with Gasteiger partial charge in [0.2, 0.25) is 0 Å². The van der Waals surface area contributed by atoms with Crippen LogP contribution >= 0.6 is 0 Å². The van der Waals surface area contributed by atoms with E-state index in [1.807, 2.05) is 7.05 Å². The van der Waals surface area contributed by atoms with Crippen LogP contribution in [-0.2, 0) is 6.42 Å². The minimum atomic E-state index is -0.249. The molecule has 4 heteroatoms. The molecule has 0 unspecified atom stereocenters. The van der Waals surface area contributed by atoms with E-state index in [1.54, 1.807) is 6.07 Å².